The van der Waals surface area contributed by atoms with Crippen molar-refractivity contribution < 1.29 is 9.47 Å². The Labute approximate surface area is 173 Å². The van der Waals surface area contributed by atoms with E-state index < -0.39 is 5.79 Å². The van der Waals surface area contributed by atoms with E-state index >= 15 is 0 Å². The van der Waals surface area contributed by atoms with Gasteiger partial charge in [0, 0.05) is 50.1 Å². The van der Waals surface area contributed by atoms with Crippen LogP contribution < -0.4 is 5.32 Å². The highest BCUT2D eigenvalue weighted by molar-refractivity contribution is 5.91. The molecule has 152 valence electrons. The fourth-order valence-electron chi connectivity index (χ4n) is 4.65. The van der Waals surface area contributed by atoms with Crippen LogP contribution in [-0.2, 0) is 14.9 Å². The Morgan fingerprint density at radius 3 is 2.38 bits per heavy atom. The second-order valence-electron chi connectivity index (χ2n) is 7.93. The zero-order chi connectivity index (χ0) is 20.2. The highest BCUT2D eigenvalue weighted by atomic mass is 16.7. The summed E-state index contributed by atoms with van der Waals surface area (Å²) in [6.45, 7) is 3.54. The van der Waals surface area contributed by atoms with E-state index in [1.54, 1.807) is 7.11 Å². The van der Waals surface area contributed by atoms with Crippen LogP contribution in [-0.4, -0.2) is 31.0 Å². The lowest BCUT2D eigenvalue weighted by molar-refractivity contribution is -0.241. The van der Waals surface area contributed by atoms with Gasteiger partial charge in [0.15, 0.2) is 5.79 Å². The lowest BCUT2D eigenvalue weighted by Gasteiger charge is -2.46. The minimum atomic E-state index is -0.454. The van der Waals surface area contributed by atoms with Crippen LogP contribution in [0.15, 0.2) is 66.9 Å². The zero-order valence-electron chi connectivity index (χ0n) is 17.4. The number of hydrogen-bond donors (Lipinski definition) is 1. The molecule has 2 aromatic carbocycles. The molecule has 0 saturated heterocycles. The molecular formula is C25H30N2O2. The summed E-state index contributed by atoms with van der Waals surface area (Å²) in [5.74, 6) is 0.497. The van der Waals surface area contributed by atoms with Gasteiger partial charge in [-0.3, -0.25) is 0 Å². The fraction of sp³-hybridized carbons (Fsp3) is 0.400. The topological polar surface area (TPSA) is 43.4 Å². The van der Waals surface area contributed by atoms with Gasteiger partial charge in [-0.15, -0.1) is 0 Å². The number of fused-ring (bicyclic) bond motifs is 1. The number of ether oxygens (including phenoxy) is 2. The fourth-order valence-corrected chi connectivity index (χ4v) is 4.65. The van der Waals surface area contributed by atoms with Crippen molar-refractivity contribution in [1.82, 2.24) is 4.98 Å². The number of benzene rings is 2. The second-order valence-corrected chi connectivity index (χ2v) is 7.93. The maximum atomic E-state index is 6.01. The molecule has 3 aromatic rings. The van der Waals surface area contributed by atoms with Crippen LogP contribution in [0.25, 0.3) is 10.8 Å². The van der Waals surface area contributed by atoms with Crippen molar-refractivity contribution in [2.24, 2.45) is 0 Å². The summed E-state index contributed by atoms with van der Waals surface area (Å²) in [4.78, 5) is 4.63. The Balaban J connectivity index is 1.61. The van der Waals surface area contributed by atoms with E-state index in [0.29, 0.717) is 6.61 Å². The van der Waals surface area contributed by atoms with Crippen molar-refractivity contribution in [3.05, 3.63) is 72.4 Å². The molecule has 0 aliphatic heterocycles. The minimum absolute atomic E-state index is 0.0268. The van der Waals surface area contributed by atoms with E-state index in [9.17, 15) is 0 Å². The first-order valence-corrected chi connectivity index (χ1v) is 10.5. The van der Waals surface area contributed by atoms with Crippen LogP contribution in [0.1, 0.15) is 38.2 Å². The number of anilines is 1. The number of nitrogens with one attached hydrogen (secondary N) is 1. The molecule has 1 N–H and O–H groups in total. The largest absolute Gasteiger partial charge is 0.369 e. The number of aromatic nitrogens is 1. The maximum absolute atomic E-state index is 6.01. The molecule has 4 nitrogen and oxygen atoms in total. The van der Waals surface area contributed by atoms with E-state index in [1.807, 2.05) is 13.1 Å². The first-order valence-electron chi connectivity index (χ1n) is 10.5. The summed E-state index contributed by atoms with van der Waals surface area (Å²) in [6, 6.07) is 21.3. The third-order valence-electron chi connectivity index (χ3n) is 6.40. The lowest BCUT2D eigenvalue weighted by Crippen LogP contribution is -2.47. The Morgan fingerprint density at radius 2 is 1.66 bits per heavy atom. The van der Waals surface area contributed by atoms with Gasteiger partial charge in [0.25, 0.3) is 0 Å². The highest BCUT2D eigenvalue weighted by Crippen LogP contribution is 2.45. The van der Waals surface area contributed by atoms with Gasteiger partial charge in [0.1, 0.15) is 5.82 Å². The zero-order valence-corrected chi connectivity index (χ0v) is 17.4. The summed E-state index contributed by atoms with van der Waals surface area (Å²) in [5, 5.41) is 6.05. The van der Waals surface area contributed by atoms with Gasteiger partial charge >= 0.3 is 0 Å². The molecule has 1 aromatic heterocycles. The van der Waals surface area contributed by atoms with Gasteiger partial charge in [-0.1, -0.05) is 54.6 Å². The molecule has 0 radical (unpaired) electrons. The SMILES string of the molecule is CCOC1(OC)CCC(CNc2nccc3ccccc23)(c2ccccc2)CC1. The standard InChI is InChI=1S/C25H30N2O2/c1-3-29-25(28-2)16-14-24(15-17-25,21-10-5-4-6-11-21)19-27-23-22-12-8-7-9-20(22)13-18-26-23/h4-13,18H,3,14-17,19H2,1-2H3,(H,26,27). The van der Waals surface area contributed by atoms with E-state index in [1.165, 1.54) is 10.9 Å². The van der Waals surface area contributed by atoms with E-state index in [4.69, 9.17) is 9.47 Å². The minimum Gasteiger partial charge on any atom is -0.369 e. The van der Waals surface area contributed by atoms with Crippen molar-refractivity contribution in [3.8, 4) is 0 Å². The Morgan fingerprint density at radius 1 is 0.931 bits per heavy atom. The third-order valence-corrected chi connectivity index (χ3v) is 6.40. The highest BCUT2D eigenvalue weighted by Gasteiger charge is 2.44. The molecule has 1 aliphatic rings. The van der Waals surface area contributed by atoms with Gasteiger partial charge in [-0.2, -0.15) is 0 Å². The molecule has 1 saturated carbocycles. The van der Waals surface area contributed by atoms with E-state index in [2.05, 4.69) is 71.0 Å². The first-order chi connectivity index (χ1) is 14.2. The average molecular weight is 391 g/mol. The molecule has 0 atom stereocenters. The van der Waals surface area contributed by atoms with Crippen molar-refractivity contribution in [1.29, 1.82) is 0 Å². The normalized spacial score (nSPS) is 24.5. The number of hydrogen-bond acceptors (Lipinski definition) is 4. The van der Waals surface area contributed by atoms with E-state index in [0.717, 1.165) is 43.4 Å². The molecule has 1 fully saturated rings. The van der Waals surface area contributed by atoms with Crippen LogP contribution in [0.3, 0.4) is 0 Å². The van der Waals surface area contributed by atoms with Gasteiger partial charge in [0.05, 0.1) is 0 Å². The molecule has 4 heteroatoms. The molecular weight excluding hydrogens is 360 g/mol. The first kappa shape index (κ1) is 19.9. The van der Waals surface area contributed by atoms with Gasteiger partial charge in [-0.05, 0) is 36.8 Å². The summed E-state index contributed by atoms with van der Waals surface area (Å²) < 4.78 is 11.8. The van der Waals surface area contributed by atoms with Crippen molar-refractivity contribution in [2.75, 3.05) is 25.6 Å². The predicted octanol–water partition coefficient (Wildman–Crippen LogP) is 5.54. The predicted molar refractivity (Wildman–Crippen MR) is 118 cm³/mol. The molecule has 4 rings (SSSR count). The lowest BCUT2D eigenvalue weighted by atomic mass is 9.67. The number of nitrogens with zero attached hydrogens (tertiary/aromatic N) is 1. The molecule has 0 spiro atoms. The molecule has 0 bridgehead atoms. The third kappa shape index (κ3) is 4.00. The number of rotatable bonds is 7. The number of pyridine rings is 1. The maximum Gasteiger partial charge on any atom is 0.167 e. The average Bonchev–Trinajstić information content (AvgIpc) is 2.79. The van der Waals surface area contributed by atoms with Crippen LogP contribution in [0, 0.1) is 0 Å². The summed E-state index contributed by atoms with van der Waals surface area (Å²) in [7, 11) is 1.77. The van der Waals surface area contributed by atoms with Crippen LogP contribution in [0.5, 0.6) is 0 Å². The van der Waals surface area contributed by atoms with Gasteiger partial charge < -0.3 is 14.8 Å². The second kappa shape index (κ2) is 8.52. The van der Waals surface area contributed by atoms with Crippen molar-refractivity contribution in [2.45, 2.75) is 43.8 Å². The number of methoxy groups -OCH3 is 1. The Kier molecular flexibility index (Phi) is 5.84. The van der Waals surface area contributed by atoms with Gasteiger partial charge in [-0.25, -0.2) is 4.98 Å². The van der Waals surface area contributed by atoms with Crippen molar-refractivity contribution >= 4 is 16.6 Å². The van der Waals surface area contributed by atoms with Gasteiger partial charge in [0.2, 0.25) is 0 Å². The molecule has 29 heavy (non-hydrogen) atoms. The van der Waals surface area contributed by atoms with Crippen LogP contribution >= 0.6 is 0 Å². The summed E-state index contributed by atoms with van der Waals surface area (Å²) in [6.07, 6.45) is 5.66. The quantitative estimate of drug-likeness (QED) is 0.538. The smallest absolute Gasteiger partial charge is 0.167 e. The Bertz CT molecular complexity index is 928. The molecule has 1 heterocycles. The molecule has 0 amide bonds. The molecule has 1 aliphatic carbocycles. The summed E-state index contributed by atoms with van der Waals surface area (Å²) >= 11 is 0. The Hall–Kier alpha value is -2.43. The summed E-state index contributed by atoms with van der Waals surface area (Å²) in [5.41, 5.74) is 1.40. The van der Waals surface area contributed by atoms with Crippen LogP contribution in [0.4, 0.5) is 5.82 Å². The van der Waals surface area contributed by atoms with Crippen LogP contribution in [0.2, 0.25) is 0 Å². The monoisotopic (exact) mass is 390 g/mol. The van der Waals surface area contributed by atoms with E-state index in [-0.39, 0.29) is 5.41 Å². The molecule has 0 unspecified atom stereocenters. The van der Waals surface area contributed by atoms with Crippen molar-refractivity contribution in [3.63, 3.8) is 0 Å².